The summed E-state index contributed by atoms with van der Waals surface area (Å²) in [7, 11) is 0. The summed E-state index contributed by atoms with van der Waals surface area (Å²) in [6.45, 7) is 0. The molecule has 1 N–H and O–H groups in total. The van der Waals surface area contributed by atoms with Gasteiger partial charge in [0, 0.05) is 36.0 Å². The molecule has 0 spiro atoms. The lowest BCUT2D eigenvalue weighted by Crippen LogP contribution is -2.33. The SMILES string of the molecule is O=c1ccc(-c2cccnc2)nn1C1CCC(Nc2nnc(C3CC3)s2)CC1. The van der Waals surface area contributed by atoms with Crippen molar-refractivity contribution in [1.82, 2.24) is 25.0 Å². The fourth-order valence-electron chi connectivity index (χ4n) is 3.78. The van der Waals surface area contributed by atoms with Gasteiger partial charge in [0.2, 0.25) is 5.13 Å². The fraction of sp³-hybridized carbons (Fsp3) is 0.450. The van der Waals surface area contributed by atoms with Gasteiger partial charge in [0.25, 0.3) is 5.56 Å². The molecule has 2 aliphatic rings. The van der Waals surface area contributed by atoms with Crippen molar-refractivity contribution in [1.29, 1.82) is 0 Å². The fourth-order valence-corrected chi connectivity index (χ4v) is 4.77. The second kappa shape index (κ2) is 7.43. The molecule has 3 aromatic heterocycles. The number of pyridine rings is 1. The van der Waals surface area contributed by atoms with E-state index >= 15 is 0 Å². The molecule has 0 atom stereocenters. The number of aromatic nitrogens is 5. The van der Waals surface area contributed by atoms with Gasteiger partial charge in [0.15, 0.2) is 0 Å². The second-order valence-electron chi connectivity index (χ2n) is 7.61. The number of hydrogen-bond donors (Lipinski definition) is 1. The van der Waals surface area contributed by atoms with Gasteiger partial charge in [-0.05, 0) is 56.7 Å². The van der Waals surface area contributed by atoms with E-state index in [1.807, 2.05) is 12.1 Å². The second-order valence-corrected chi connectivity index (χ2v) is 8.62. The van der Waals surface area contributed by atoms with Gasteiger partial charge in [0.1, 0.15) is 5.01 Å². The van der Waals surface area contributed by atoms with E-state index in [0.29, 0.717) is 12.0 Å². The van der Waals surface area contributed by atoms with Crippen molar-refractivity contribution in [2.75, 3.05) is 5.32 Å². The van der Waals surface area contributed by atoms with E-state index in [9.17, 15) is 4.79 Å². The highest BCUT2D eigenvalue weighted by atomic mass is 32.1. The Hall–Kier alpha value is -2.61. The number of anilines is 1. The third kappa shape index (κ3) is 3.69. The summed E-state index contributed by atoms with van der Waals surface area (Å²) in [6, 6.07) is 7.75. The summed E-state index contributed by atoms with van der Waals surface area (Å²) in [5.74, 6) is 0.647. The van der Waals surface area contributed by atoms with Crippen molar-refractivity contribution >= 4 is 16.5 Å². The van der Waals surface area contributed by atoms with Crippen LogP contribution in [0.4, 0.5) is 5.13 Å². The van der Waals surface area contributed by atoms with E-state index < -0.39 is 0 Å². The van der Waals surface area contributed by atoms with E-state index in [1.54, 1.807) is 40.5 Å². The Kier molecular flexibility index (Phi) is 4.64. The molecule has 144 valence electrons. The molecule has 0 radical (unpaired) electrons. The molecule has 3 aromatic rings. The Labute approximate surface area is 166 Å². The van der Waals surface area contributed by atoms with Crippen LogP contribution in [-0.4, -0.2) is 31.0 Å². The largest absolute Gasteiger partial charge is 0.357 e. The number of rotatable bonds is 5. The van der Waals surface area contributed by atoms with Crippen LogP contribution in [-0.2, 0) is 0 Å². The predicted octanol–water partition coefficient (Wildman–Crippen LogP) is 3.63. The first-order valence-corrected chi connectivity index (χ1v) is 10.7. The molecule has 0 amide bonds. The summed E-state index contributed by atoms with van der Waals surface area (Å²) in [5, 5.41) is 18.9. The summed E-state index contributed by atoms with van der Waals surface area (Å²) in [5.41, 5.74) is 1.67. The number of nitrogens with zero attached hydrogens (tertiary/aromatic N) is 5. The highest BCUT2D eigenvalue weighted by molar-refractivity contribution is 7.15. The first-order chi connectivity index (χ1) is 13.8. The van der Waals surface area contributed by atoms with E-state index in [4.69, 9.17) is 0 Å². The molecular weight excluding hydrogens is 372 g/mol. The van der Waals surface area contributed by atoms with Crippen LogP contribution in [0.25, 0.3) is 11.3 Å². The van der Waals surface area contributed by atoms with Gasteiger partial charge >= 0.3 is 0 Å². The molecule has 28 heavy (non-hydrogen) atoms. The molecule has 5 rings (SSSR count). The zero-order valence-corrected chi connectivity index (χ0v) is 16.3. The van der Waals surface area contributed by atoms with Crippen LogP contribution in [0, 0.1) is 0 Å². The number of hydrogen-bond acceptors (Lipinski definition) is 7. The van der Waals surface area contributed by atoms with Gasteiger partial charge in [-0.15, -0.1) is 10.2 Å². The van der Waals surface area contributed by atoms with Crippen molar-refractivity contribution in [3.63, 3.8) is 0 Å². The minimum absolute atomic E-state index is 0.0396. The van der Waals surface area contributed by atoms with Crippen molar-refractivity contribution in [3.8, 4) is 11.3 Å². The maximum absolute atomic E-state index is 12.4. The maximum atomic E-state index is 12.4. The number of nitrogens with one attached hydrogen (secondary N) is 1. The zero-order chi connectivity index (χ0) is 18.9. The Morgan fingerprint density at radius 1 is 1.04 bits per heavy atom. The molecule has 2 aliphatic carbocycles. The van der Waals surface area contributed by atoms with Gasteiger partial charge in [0.05, 0.1) is 11.7 Å². The minimum Gasteiger partial charge on any atom is -0.357 e. The third-order valence-corrected chi connectivity index (χ3v) is 6.54. The van der Waals surface area contributed by atoms with E-state index in [1.165, 1.54) is 17.8 Å². The Balaban J connectivity index is 1.25. The molecule has 8 heteroatoms. The smallest absolute Gasteiger partial charge is 0.267 e. The summed E-state index contributed by atoms with van der Waals surface area (Å²) in [6.07, 6.45) is 9.85. The molecule has 0 aromatic carbocycles. The third-order valence-electron chi connectivity index (χ3n) is 5.52. The summed E-state index contributed by atoms with van der Waals surface area (Å²) >= 11 is 1.69. The average molecular weight is 395 g/mol. The van der Waals surface area contributed by atoms with E-state index in [-0.39, 0.29) is 11.6 Å². The maximum Gasteiger partial charge on any atom is 0.267 e. The van der Waals surface area contributed by atoms with Crippen molar-refractivity contribution in [2.24, 2.45) is 0 Å². The highest BCUT2D eigenvalue weighted by Gasteiger charge is 2.29. The molecule has 3 heterocycles. The van der Waals surface area contributed by atoms with Gasteiger partial charge in [-0.1, -0.05) is 11.3 Å². The summed E-state index contributed by atoms with van der Waals surface area (Å²) < 4.78 is 1.66. The van der Waals surface area contributed by atoms with Crippen molar-refractivity contribution < 1.29 is 0 Å². The van der Waals surface area contributed by atoms with Gasteiger partial charge in [-0.3, -0.25) is 9.78 Å². The zero-order valence-electron chi connectivity index (χ0n) is 15.5. The molecule has 2 saturated carbocycles. The average Bonchev–Trinajstić information content (AvgIpc) is 3.49. The normalized spacial score (nSPS) is 22.1. The molecule has 0 bridgehead atoms. The minimum atomic E-state index is -0.0396. The van der Waals surface area contributed by atoms with E-state index in [0.717, 1.165) is 42.1 Å². The van der Waals surface area contributed by atoms with E-state index in [2.05, 4.69) is 25.6 Å². The summed E-state index contributed by atoms with van der Waals surface area (Å²) in [4.78, 5) is 16.5. The predicted molar refractivity (Wildman–Crippen MR) is 109 cm³/mol. The quantitative estimate of drug-likeness (QED) is 0.711. The lowest BCUT2D eigenvalue weighted by molar-refractivity contribution is 0.304. The van der Waals surface area contributed by atoms with Crippen LogP contribution in [0.2, 0.25) is 0 Å². The van der Waals surface area contributed by atoms with Crippen LogP contribution in [0.1, 0.15) is 55.5 Å². The van der Waals surface area contributed by atoms with Gasteiger partial charge < -0.3 is 5.32 Å². The van der Waals surface area contributed by atoms with Crippen LogP contribution in [0.15, 0.2) is 41.5 Å². The molecule has 7 nitrogen and oxygen atoms in total. The lowest BCUT2D eigenvalue weighted by atomic mass is 9.91. The monoisotopic (exact) mass is 394 g/mol. The van der Waals surface area contributed by atoms with Gasteiger partial charge in [-0.2, -0.15) is 5.10 Å². The molecule has 2 fully saturated rings. The van der Waals surface area contributed by atoms with Crippen LogP contribution >= 0.6 is 11.3 Å². The Bertz CT molecular complexity index is 1000. The first kappa shape index (κ1) is 17.5. The molecule has 0 aliphatic heterocycles. The van der Waals surface area contributed by atoms with Crippen molar-refractivity contribution in [3.05, 3.63) is 52.0 Å². The van der Waals surface area contributed by atoms with Crippen molar-refractivity contribution in [2.45, 2.75) is 56.5 Å². The Morgan fingerprint density at radius 3 is 2.64 bits per heavy atom. The molecular formula is C20H22N6OS. The van der Waals surface area contributed by atoms with Gasteiger partial charge in [-0.25, -0.2) is 4.68 Å². The standard InChI is InChI=1S/C20H22N6OS/c27-18-10-9-17(14-2-1-11-21-12-14)25-26(18)16-7-5-15(6-8-16)22-20-24-23-19(28-20)13-3-4-13/h1-2,9-13,15-16H,3-8H2,(H,22,24). The van der Waals surface area contributed by atoms with Crippen LogP contribution in [0.5, 0.6) is 0 Å². The first-order valence-electron chi connectivity index (χ1n) is 9.86. The molecule has 0 saturated heterocycles. The topological polar surface area (TPSA) is 85.6 Å². The Morgan fingerprint density at radius 2 is 1.89 bits per heavy atom. The molecule has 0 unspecified atom stereocenters. The van der Waals surface area contributed by atoms with Crippen LogP contribution in [0.3, 0.4) is 0 Å². The van der Waals surface area contributed by atoms with Crippen LogP contribution < -0.4 is 10.9 Å². The lowest BCUT2D eigenvalue weighted by Gasteiger charge is -2.29. The highest BCUT2D eigenvalue weighted by Crippen LogP contribution is 2.42.